The summed E-state index contributed by atoms with van der Waals surface area (Å²) in [5.41, 5.74) is 0. The number of carbonyl (C=O) groups is 3. The zero-order valence-electron chi connectivity index (χ0n) is 46.0. The van der Waals surface area contributed by atoms with Crippen LogP contribution in [0.2, 0.25) is 0 Å². The summed E-state index contributed by atoms with van der Waals surface area (Å²) in [7, 11) is 0. The smallest absolute Gasteiger partial charge is 0.306 e. The lowest BCUT2D eigenvalue weighted by Gasteiger charge is -2.18. The van der Waals surface area contributed by atoms with Gasteiger partial charge in [0.15, 0.2) is 6.10 Å². The topological polar surface area (TPSA) is 78.9 Å². The highest BCUT2D eigenvalue weighted by Crippen LogP contribution is 2.15. The van der Waals surface area contributed by atoms with Crippen molar-refractivity contribution in [2.45, 2.75) is 290 Å². The Balaban J connectivity index is 4.11. The average molecular weight is 976 g/mol. The molecule has 0 heterocycles. The second-order valence-electron chi connectivity index (χ2n) is 19.5. The molecule has 6 nitrogen and oxygen atoms in total. The van der Waals surface area contributed by atoms with Crippen molar-refractivity contribution in [2.75, 3.05) is 13.2 Å². The van der Waals surface area contributed by atoms with Crippen molar-refractivity contribution in [3.05, 3.63) is 85.1 Å². The largest absolute Gasteiger partial charge is 0.462 e. The highest BCUT2D eigenvalue weighted by molar-refractivity contribution is 5.71. The molecule has 0 spiro atoms. The molecule has 0 aliphatic carbocycles. The van der Waals surface area contributed by atoms with Crippen LogP contribution in [0.3, 0.4) is 0 Å². The summed E-state index contributed by atoms with van der Waals surface area (Å²) < 4.78 is 16.8. The van der Waals surface area contributed by atoms with Gasteiger partial charge < -0.3 is 14.2 Å². The van der Waals surface area contributed by atoms with E-state index in [-0.39, 0.29) is 31.1 Å². The molecule has 0 saturated carbocycles. The zero-order chi connectivity index (χ0) is 50.7. The number of hydrogen-bond donors (Lipinski definition) is 0. The molecule has 0 N–H and O–H groups in total. The van der Waals surface area contributed by atoms with E-state index in [0.29, 0.717) is 19.3 Å². The monoisotopic (exact) mass is 975 g/mol. The molecule has 0 fully saturated rings. The molecule has 0 aromatic heterocycles. The fraction of sp³-hybridized carbons (Fsp3) is 0.734. The van der Waals surface area contributed by atoms with Gasteiger partial charge in [-0.1, -0.05) is 254 Å². The fourth-order valence-electron chi connectivity index (χ4n) is 8.21. The number of rotatable bonds is 53. The van der Waals surface area contributed by atoms with E-state index >= 15 is 0 Å². The summed E-state index contributed by atoms with van der Waals surface area (Å²) >= 11 is 0. The summed E-state index contributed by atoms with van der Waals surface area (Å²) in [6.07, 6.45) is 76.1. The Morgan fingerprint density at radius 2 is 0.557 bits per heavy atom. The van der Waals surface area contributed by atoms with E-state index in [1.807, 2.05) is 0 Å². The number of unbranched alkanes of at least 4 members (excludes halogenated alkanes) is 28. The molecule has 70 heavy (non-hydrogen) atoms. The second kappa shape index (κ2) is 58.2. The Hall–Kier alpha value is -3.41. The number of esters is 3. The van der Waals surface area contributed by atoms with Crippen LogP contribution in [-0.2, 0) is 28.6 Å². The lowest BCUT2D eigenvalue weighted by atomic mass is 10.1. The van der Waals surface area contributed by atoms with Gasteiger partial charge >= 0.3 is 17.9 Å². The maximum Gasteiger partial charge on any atom is 0.306 e. The maximum absolute atomic E-state index is 12.8. The summed E-state index contributed by atoms with van der Waals surface area (Å²) in [4.78, 5) is 37.9. The van der Waals surface area contributed by atoms with Gasteiger partial charge in [-0.15, -0.1) is 0 Å². The van der Waals surface area contributed by atoms with Crippen LogP contribution in [0.1, 0.15) is 284 Å². The first-order valence-electron chi connectivity index (χ1n) is 29.6. The highest BCUT2D eigenvalue weighted by Gasteiger charge is 2.19. The molecule has 1 unspecified atom stereocenters. The fourth-order valence-corrected chi connectivity index (χ4v) is 8.21. The van der Waals surface area contributed by atoms with Crippen LogP contribution in [0.25, 0.3) is 0 Å². The molecule has 0 aromatic carbocycles. The van der Waals surface area contributed by atoms with E-state index < -0.39 is 6.10 Å². The average Bonchev–Trinajstić information content (AvgIpc) is 3.36. The minimum atomic E-state index is -0.776. The SMILES string of the molecule is CC/C=C\C/C=C\C/C=C\C/C=C\C/C=C\C/C=C\CCCCCCCCCCCCC(=O)OCC(COC(=O)CCCCCCCC)OC(=O)CCCCCCCCC/C=C\CCCCCCCC. The van der Waals surface area contributed by atoms with E-state index in [9.17, 15) is 14.4 Å². The van der Waals surface area contributed by atoms with Gasteiger partial charge in [-0.05, 0) is 96.3 Å². The van der Waals surface area contributed by atoms with E-state index in [4.69, 9.17) is 14.2 Å². The quantitative estimate of drug-likeness (QED) is 0.0261. The maximum atomic E-state index is 12.8. The lowest BCUT2D eigenvalue weighted by molar-refractivity contribution is -0.167. The van der Waals surface area contributed by atoms with Crippen molar-refractivity contribution >= 4 is 17.9 Å². The van der Waals surface area contributed by atoms with Gasteiger partial charge in [-0.3, -0.25) is 14.4 Å². The molecule has 0 amide bonds. The zero-order valence-corrected chi connectivity index (χ0v) is 46.0. The summed E-state index contributed by atoms with van der Waals surface area (Å²) in [6.45, 7) is 6.47. The minimum absolute atomic E-state index is 0.0780. The van der Waals surface area contributed by atoms with Crippen LogP contribution >= 0.6 is 0 Å². The van der Waals surface area contributed by atoms with Crippen LogP contribution in [0.5, 0.6) is 0 Å². The van der Waals surface area contributed by atoms with Gasteiger partial charge in [0.2, 0.25) is 0 Å². The lowest BCUT2D eigenvalue weighted by Crippen LogP contribution is -2.30. The van der Waals surface area contributed by atoms with Gasteiger partial charge in [0.25, 0.3) is 0 Å². The third-order valence-electron chi connectivity index (χ3n) is 12.6. The summed E-state index contributed by atoms with van der Waals surface area (Å²) in [6, 6.07) is 0. The normalized spacial score (nSPS) is 12.7. The van der Waals surface area contributed by atoms with Crippen molar-refractivity contribution in [3.63, 3.8) is 0 Å². The third-order valence-corrected chi connectivity index (χ3v) is 12.6. The molecule has 6 heteroatoms. The Kier molecular flexibility index (Phi) is 55.3. The molecule has 0 rings (SSSR count). The van der Waals surface area contributed by atoms with Gasteiger partial charge in [0.05, 0.1) is 0 Å². The molecule has 0 saturated heterocycles. The van der Waals surface area contributed by atoms with Gasteiger partial charge in [-0.2, -0.15) is 0 Å². The van der Waals surface area contributed by atoms with Crippen molar-refractivity contribution in [2.24, 2.45) is 0 Å². The van der Waals surface area contributed by atoms with Crippen LogP contribution in [-0.4, -0.2) is 37.2 Å². The van der Waals surface area contributed by atoms with E-state index in [2.05, 4.69) is 106 Å². The van der Waals surface area contributed by atoms with E-state index in [1.54, 1.807) is 0 Å². The van der Waals surface area contributed by atoms with Gasteiger partial charge in [0, 0.05) is 19.3 Å². The molecule has 402 valence electrons. The molecule has 0 aromatic rings. The molecule has 0 aliphatic rings. The first-order valence-corrected chi connectivity index (χ1v) is 29.6. The van der Waals surface area contributed by atoms with Crippen molar-refractivity contribution in [3.8, 4) is 0 Å². The van der Waals surface area contributed by atoms with Crippen LogP contribution in [0.15, 0.2) is 85.1 Å². The van der Waals surface area contributed by atoms with Crippen LogP contribution in [0, 0.1) is 0 Å². The van der Waals surface area contributed by atoms with Gasteiger partial charge in [-0.25, -0.2) is 0 Å². The van der Waals surface area contributed by atoms with Crippen LogP contribution < -0.4 is 0 Å². The summed E-state index contributed by atoms with van der Waals surface area (Å²) in [5, 5.41) is 0. The predicted octanol–water partition coefficient (Wildman–Crippen LogP) is 19.9. The highest BCUT2D eigenvalue weighted by atomic mass is 16.6. The summed E-state index contributed by atoms with van der Waals surface area (Å²) in [5.74, 6) is -0.891. The Bertz CT molecular complexity index is 1350. The van der Waals surface area contributed by atoms with Crippen molar-refractivity contribution < 1.29 is 28.6 Å². The molecular weight excluding hydrogens is 865 g/mol. The van der Waals surface area contributed by atoms with E-state index in [0.717, 1.165) is 96.3 Å². The predicted molar refractivity (Wildman–Crippen MR) is 302 cm³/mol. The first kappa shape index (κ1) is 66.6. The number of hydrogen-bond acceptors (Lipinski definition) is 6. The first-order chi connectivity index (χ1) is 34.5. The molecular formula is C64H110O6. The molecule has 1 atom stereocenters. The number of allylic oxidation sites excluding steroid dienone is 14. The molecule has 0 radical (unpaired) electrons. The van der Waals surface area contributed by atoms with E-state index in [1.165, 1.54) is 148 Å². The third kappa shape index (κ3) is 55.5. The Morgan fingerprint density at radius 1 is 0.300 bits per heavy atom. The van der Waals surface area contributed by atoms with Crippen molar-refractivity contribution in [1.29, 1.82) is 0 Å². The molecule has 0 bridgehead atoms. The van der Waals surface area contributed by atoms with Crippen molar-refractivity contribution in [1.82, 2.24) is 0 Å². The minimum Gasteiger partial charge on any atom is -0.462 e. The number of ether oxygens (including phenoxy) is 3. The standard InChI is InChI=1S/C64H110O6/c1-4-7-10-13-16-18-20-22-24-26-27-28-29-30-31-32-33-34-35-36-37-39-40-42-44-46-48-51-54-57-63(66)69-60-61(59-68-62(65)56-53-50-15-12-9-6-3)70-64(67)58-55-52-49-47-45-43-41-38-25-23-21-19-17-14-11-8-5-2/h7,10,16,18,22-25,27-28,30-31,33-34,61H,4-6,8-9,11-15,17,19-21,26,29,32,35-60H2,1-3H3/b10-7-,18-16-,24-22-,25-23-,28-27-,31-30-,34-33-. The second-order valence-corrected chi connectivity index (χ2v) is 19.5. The molecule has 0 aliphatic heterocycles. The Morgan fingerprint density at radius 3 is 0.886 bits per heavy atom. The van der Waals surface area contributed by atoms with Crippen LogP contribution in [0.4, 0.5) is 0 Å². The Labute approximate surface area is 433 Å². The van der Waals surface area contributed by atoms with Gasteiger partial charge in [0.1, 0.15) is 13.2 Å². The number of carbonyl (C=O) groups excluding carboxylic acids is 3.